The summed E-state index contributed by atoms with van der Waals surface area (Å²) in [6, 6.07) is 5.44. The maximum atomic E-state index is 12.9. The van der Waals surface area contributed by atoms with E-state index in [1.165, 1.54) is 6.07 Å². The number of hydrogen-bond donors (Lipinski definition) is 1. The molecule has 0 aliphatic heterocycles. The number of nitrogens with one attached hydrogen (secondary N) is 1. The topological polar surface area (TPSA) is 12.0 Å². The lowest BCUT2D eigenvalue weighted by molar-refractivity contribution is 0.475. The fourth-order valence-electron chi connectivity index (χ4n) is 1.58. The smallest absolute Gasteiger partial charge is 0.141 e. The van der Waals surface area contributed by atoms with Gasteiger partial charge in [-0.05, 0) is 36.6 Å². The van der Waals surface area contributed by atoms with Gasteiger partial charge in [-0.15, -0.1) is 0 Å². The van der Waals surface area contributed by atoms with Crippen molar-refractivity contribution in [1.29, 1.82) is 0 Å². The van der Waals surface area contributed by atoms with Crippen LogP contribution in [0, 0.1) is 11.7 Å². The lowest BCUT2D eigenvalue weighted by Gasteiger charge is -2.15. The standard InChI is InChI=1S/C13H19ClFN/c1-9(2)16-8-10(3)6-11-4-5-13(15)12(14)7-11/h4-5,7,9-10,16H,6,8H2,1-3H3. The Morgan fingerprint density at radius 3 is 2.56 bits per heavy atom. The van der Waals surface area contributed by atoms with Crippen molar-refractivity contribution < 1.29 is 4.39 Å². The third kappa shape index (κ3) is 4.50. The molecule has 1 aromatic carbocycles. The van der Waals surface area contributed by atoms with Crippen LogP contribution in [0.25, 0.3) is 0 Å². The van der Waals surface area contributed by atoms with Gasteiger partial charge in [0, 0.05) is 6.04 Å². The van der Waals surface area contributed by atoms with Crippen LogP contribution in [0.3, 0.4) is 0 Å². The molecule has 0 saturated carbocycles. The first-order chi connectivity index (χ1) is 7.49. The molecule has 0 aliphatic rings. The first-order valence-corrected chi connectivity index (χ1v) is 6.04. The van der Waals surface area contributed by atoms with Crippen LogP contribution in [0.15, 0.2) is 18.2 Å². The predicted octanol–water partition coefficient (Wildman–Crippen LogP) is 3.66. The molecule has 1 unspecified atom stereocenters. The summed E-state index contributed by atoms with van der Waals surface area (Å²) >= 11 is 5.73. The highest BCUT2D eigenvalue weighted by Gasteiger charge is 2.06. The molecule has 16 heavy (non-hydrogen) atoms. The third-order valence-corrected chi connectivity index (χ3v) is 2.73. The van der Waals surface area contributed by atoms with E-state index in [2.05, 4.69) is 26.1 Å². The summed E-state index contributed by atoms with van der Waals surface area (Å²) in [5.74, 6) is 0.169. The van der Waals surface area contributed by atoms with Crippen molar-refractivity contribution in [3.63, 3.8) is 0 Å². The number of hydrogen-bond acceptors (Lipinski definition) is 1. The zero-order valence-corrected chi connectivity index (χ0v) is 10.8. The molecule has 0 fully saturated rings. The van der Waals surface area contributed by atoms with Gasteiger partial charge in [-0.2, -0.15) is 0 Å². The minimum absolute atomic E-state index is 0.210. The average Bonchev–Trinajstić information content (AvgIpc) is 2.21. The molecule has 0 spiro atoms. The first kappa shape index (κ1) is 13.5. The van der Waals surface area contributed by atoms with Crippen molar-refractivity contribution in [2.45, 2.75) is 33.2 Å². The molecule has 0 saturated heterocycles. The van der Waals surface area contributed by atoms with Gasteiger partial charge in [0.25, 0.3) is 0 Å². The van der Waals surface area contributed by atoms with Crippen molar-refractivity contribution in [1.82, 2.24) is 5.32 Å². The van der Waals surface area contributed by atoms with Crippen LogP contribution < -0.4 is 5.32 Å². The summed E-state index contributed by atoms with van der Waals surface area (Å²) in [6.45, 7) is 7.39. The first-order valence-electron chi connectivity index (χ1n) is 5.66. The Morgan fingerprint density at radius 2 is 2.00 bits per heavy atom. The van der Waals surface area contributed by atoms with Gasteiger partial charge in [-0.1, -0.05) is 38.4 Å². The molecular formula is C13H19ClFN. The van der Waals surface area contributed by atoms with Crippen molar-refractivity contribution in [2.24, 2.45) is 5.92 Å². The van der Waals surface area contributed by atoms with E-state index in [4.69, 9.17) is 11.6 Å². The lowest BCUT2D eigenvalue weighted by Crippen LogP contribution is -2.28. The Kier molecular flexibility index (Phi) is 5.23. The summed E-state index contributed by atoms with van der Waals surface area (Å²) in [6.07, 6.45) is 0.916. The summed E-state index contributed by atoms with van der Waals surface area (Å²) in [5, 5.41) is 3.59. The predicted molar refractivity (Wildman–Crippen MR) is 67.4 cm³/mol. The van der Waals surface area contributed by atoms with Crippen molar-refractivity contribution >= 4 is 11.6 Å². The van der Waals surface area contributed by atoms with Crippen LogP contribution >= 0.6 is 11.6 Å². The Balaban J connectivity index is 2.49. The van der Waals surface area contributed by atoms with Crippen LogP contribution in [-0.2, 0) is 6.42 Å². The van der Waals surface area contributed by atoms with E-state index in [9.17, 15) is 4.39 Å². The monoisotopic (exact) mass is 243 g/mol. The summed E-state index contributed by atoms with van der Waals surface area (Å²) < 4.78 is 12.9. The van der Waals surface area contributed by atoms with Crippen molar-refractivity contribution in [3.05, 3.63) is 34.6 Å². The van der Waals surface area contributed by atoms with Gasteiger partial charge in [0.15, 0.2) is 0 Å². The maximum Gasteiger partial charge on any atom is 0.141 e. The Bertz CT molecular complexity index is 339. The van der Waals surface area contributed by atoms with Gasteiger partial charge >= 0.3 is 0 Å². The van der Waals surface area contributed by atoms with Crippen LogP contribution in [0.5, 0.6) is 0 Å². The normalized spacial score (nSPS) is 13.1. The van der Waals surface area contributed by atoms with Crippen LogP contribution in [0.4, 0.5) is 4.39 Å². The van der Waals surface area contributed by atoms with Crippen LogP contribution in [-0.4, -0.2) is 12.6 Å². The molecule has 0 amide bonds. The Hall–Kier alpha value is -0.600. The summed E-state index contributed by atoms with van der Waals surface area (Å²) in [7, 11) is 0. The van der Waals surface area contributed by atoms with Gasteiger partial charge in [-0.3, -0.25) is 0 Å². The fourth-order valence-corrected chi connectivity index (χ4v) is 1.78. The molecule has 1 aromatic rings. The van der Waals surface area contributed by atoms with E-state index in [1.807, 2.05) is 0 Å². The van der Waals surface area contributed by atoms with E-state index >= 15 is 0 Å². The van der Waals surface area contributed by atoms with E-state index in [0.717, 1.165) is 18.5 Å². The summed E-state index contributed by atoms with van der Waals surface area (Å²) in [4.78, 5) is 0. The van der Waals surface area contributed by atoms with E-state index < -0.39 is 0 Å². The minimum atomic E-state index is -0.349. The Labute approximate surface area is 102 Å². The average molecular weight is 244 g/mol. The fraction of sp³-hybridized carbons (Fsp3) is 0.538. The maximum absolute atomic E-state index is 12.9. The molecule has 90 valence electrons. The molecule has 1 N–H and O–H groups in total. The van der Waals surface area contributed by atoms with E-state index in [0.29, 0.717) is 12.0 Å². The van der Waals surface area contributed by atoms with E-state index in [-0.39, 0.29) is 10.8 Å². The van der Waals surface area contributed by atoms with E-state index in [1.54, 1.807) is 12.1 Å². The Morgan fingerprint density at radius 1 is 1.31 bits per heavy atom. The van der Waals surface area contributed by atoms with Gasteiger partial charge in [0.2, 0.25) is 0 Å². The van der Waals surface area contributed by atoms with Gasteiger partial charge in [-0.25, -0.2) is 4.39 Å². The molecule has 0 aromatic heterocycles. The highest BCUT2D eigenvalue weighted by atomic mass is 35.5. The molecule has 1 nitrogen and oxygen atoms in total. The molecule has 0 heterocycles. The molecule has 1 rings (SSSR count). The second-order valence-corrected chi connectivity index (χ2v) is 5.03. The van der Waals surface area contributed by atoms with Crippen LogP contribution in [0.2, 0.25) is 5.02 Å². The third-order valence-electron chi connectivity index (χ3n) is 2.44. The van der Waals surface area contributed by atoms with Gasteiger partial charge in [0.1, 0.15) is 5.82 Å². The quantitative estimate of drug-likeness (QED) is 0.832. The lowest BCUT2D eigenvalue weighted by atomic mass is 10.0. The molecule has 0 aliphatic carbocycles. The summed E-state index contributed by atoms with van der Waals surface area (Å²) in [5.41, 5.74) is 1.09. The van der Waals surface area contributed by atoms with Crippen molar-refractivity contribution in [2.75, 3.05) is 6.54 Å². The number of halogens is 2. The zero-order chi connectivity index (χ0) is 12.1. The molecule has 0 bridgehead atoms. The highest BCUT2D eigenvalue weighted by molar-refractivity contribution is 6.30. The van der Waals surface area contributed by atoms with Crippen molar-refractivity contribution in [3.8, 4) is 0 Å². The van der Waals surface area contributed by atoms with Gasteiger partial charge < -0.3 is 5.32 Å². The SMILES string of the molecule is CC(CNC(C)C)Cc1ccc(F)c(Cl)c1. The number of rotatable bonds is 5. The molecular weight excluding hydrogens is 225 g/mol. The molecule has 0 radical (unpaired) electrons. The number of benzene rings is 1. The minimum Gasteiger partial charge on any atom is -0.314 e. The highest BCUT2D eigenvalue weighted by Crippen LogP contribution is 2.18. The molecule has 3 heteroatoms. The van der Waals surface area contributed by atoms with Gasteiger partial charge in [0.05, 0.1) is 5.02 Å². The second-order valence-electron chi connectivity index (χ2n) is 4.62. The largest absolute Gasteiger partial charge is 0.314 e. The van der Waals surface area contributed by atoms with Crippen LogP contribution in [0.1, 0.15) is 26.3 Å². The zero-order valence-electron chi connectivity index (χ0n) is 10.1. The molecule has 1 atom stereocenters. The second kappa shape index (κ2) is 6.21.